The Morgan fingerprint density at radius 2 is 1.91 bits per heavy atom. The Kier molecular flexibility index (Phi) is 3.82. The number of piperazine rings is 1. The van der Waals surface area contributed by atoms with E-state index in [4.69, 9.17) is 0 Å². The van der Waals surface area contributed by atoms with Gasteiger partial charge in [0.05, 0.1) is 5.39 Å². The van der Waals surface area contributed by atoms with Gasteiger partial charge in [-0.3, -0.25) is 14.4 Å². The van der Waals surface area contributed by atoms with Crippen LogP contribution in [0.4, 0.5) is 0 Å². The van der Waals surface area contributed by atoms with Crippen LogP contribution in [0.2, 0.25) is 0 Å². The molecule has 2 heterocycles. The maximum atomic E-state index is 12.3. The van der Waals surface area contributed by atoms with Gasteiger partial charge in [0.25, 0.3) is 5.56 Å². The van der Waals surface area contributed by atoms with Crippen molar-refractivity contribution in [3.8, 4) is 0 Å². The zero-order chi connectivity index (χ0) is 15.5. The fraction of sp³-hybridized carbons (Fsp3) is 0.357. The number of carbonyl (C=O) groups is 2. The summed E-state index contributed by atoms with van der Waals surface area (Å²) in [5.74, 6) is -0.197. The molecule has 8 nitrogen and oxygen atoms in total. The molecule has 1 aromatic carbocycles. The van der Waals surface area contributed by atoms with E-state index in [1.54, 1.807) is 34.1 Å². The molecule has 22 heavy (non-hydrogen) atoms. The Morgan fingerprint density at radius 3 is 2.64 bits per heavy atom. The maximum Gasteiger partial charge on any atom is 0.278 e. The Bertz CT molecular complexity index is 764. The van der Waals surface area contributed by atoms with Crippen LogP contribution in [0.25, 0.3) is 10.9 Å². The van der Waals surface area contributed by atoms with Gasteiger partial charge in [-0.2, -0.15) is 0 Å². The lowest BCUT2D eigenvalue weighted by atomic mass is 10.2. The van der Waals surface area contributed by atoms with Crippen LogP contribution in [0, 0.1) is 0 Å². The van der Waals surface area contributed by atoms with Gasteiger partial charge < -0.3 is 9.80 Å². The molecule has 0 N–H and O–H groups in total. The minimum absolute atomic E-state index is 0.141. The molecule has 2 aromatic rings. The van der Waals surface area contributed by atoms with E-state index in [0.717, 1.165) is 11.1 Å². The van der Waals surface area contributed by atoms with Crippen molar-refractivity contribution >= 4 is 23.2 Å². The van der Waals surface area contributed by atoms with Crippen molar-refractivity contribution in [1.82, 2.24) is 24.8 Å². The summed E-state index contributed by atoms with van der Waals surface area (Å²) in [6, 6.07) is 6.89. The van der Waals surface area contributed by atoms with Crippen molar-refractivity contribution in [2.75, 3.05) is 26.2 Å². The summed E-state index contributed by atoms with van der Waals surface area (Å²) in [5.41, 5.74) is 0.182. The van der Waals surface area contributed by atoms with E-state index in [2.05, 4.69) is 10.3 Å². The summed E-state index contributed by atoms with van der Waals surface area (Å²) in [5, 5.41) is 8.21. The van der Waals surface area contributed by atoms with Gasteiger partial charge in [-0.1, -0.05) is 17.3 Å². The molecule has 8 heteroatoms. The number of hydrogen-bond acceptors (Lipinski definition) is 5. The first-order chi connectivity index (χ1) is 10.7. The summed E-state index contributed by atoms with van der Waals surface area (Å²) < 4.78 is 1.08. The molecule has 1 fully saturated rings. The fourth-order valence-electron chi connectivity index (χ4n) is 2.43. The minimum atomic E-state index is -0.328. The van der Waals surface area contributed by atoms with E-state index < -0.39 is 0 Å². The standard InChI is InChI=1S/C14H15N5O3/c20-10-17-5-7-18(8-6-17)13(21)9-19-14(22)11-3-1-2-4-12(11)15-16-19/h1-4,10H,5-9H2. The topological polar surface area (TPSA) is 88.4 Å². The lowest BCUT2D eigenvalue weighted by molar-refractivity contribution is -0.136. The first kappa shape index (κ1) is 14.2. The molecule has 0 saturated carbocycles. The number of amides is 2. The summed E-state index contributed by atoms with van der Waals surface area (Å²) in [7, 11) is 0. The second-order valence-corrected chi connectivity index (χ2v) is 5.09. The summed E-state index contributed by atoms with van der Waals surface area (Å²) in [6.07, 6.45) is 0.779. The number of carbonyl (C=O) groups excluding carboxylic acids is 2. The predicted molar refractivity (Wildman–Crippen MR) is 78.0 cm³/mol. The lowest BCUT2D eigenvalue weighted by Crippen LogP contribution is -2.49. The van der Waals surface area contributed by atoms with Gasteiger partial charge in [0.2, 0.25) is 12.3 Å². The molecule has 1 aromatic heterocycles. The Morgan fingerprint density at radius 1 is 1.18 bits per heavy atom. The molecular formula is C14H15N5O3. The van der Waals surface area contributed by atoms with Crippen LogP contribution >= 0.6 is 0 Å². The SMILES string of the molecule is O=CN1CCN(C(=O)Cn2nnc3ccccc3c2=O)CC1. The highest BCUT2D eigenvalue weighted by molar-refractivity contribution is 5.78. The molecule has 0 spiro atoms. The Labute approximate surface area is 125 Å². The van der Waals surface area contributed by atoms with Crippen molar-refractivity contribution < 1.29 is 9.59 Å². The lowest BCUT2D eigenvalue weighted by Gasteiger charge is -2.32. The van der Waals surface area contributed by atoms with E-state index in [9.17, 15) is 14.4 Å². The number of rotatable bonds is 3. The predicted octanol–water partition coefficient (Wildman–Crippen LogP) is -0.908. The fourth-order valence-corrected chi connectivity index (χ4v) is 2.43. The third-order valence-electron chi connectivity index (χ3n) is 3.73. The van der Waals surface area contributed by atoms with Crippen molar-refractivity contribution in [3.63, 3.8) is 0 Å². The number of benzene rings is 1. The van der Waals surface area contributed by atoms with Crippen LogP contribution in [0.3, 0.4) is 0 Å². The smallest absolute Gasteiger partial charge is 0.278 e. The van der Waals surface area contributed by atoms with E-state index >= 15 is 0 Å². The van der Waals surface area contributed by atoms with Crippen LogP contribution in [0.1, 0.15) is 0 Å². The Balaban J connectivity index is 1.76. The molecule has 1 aliphatic rings. The third kappa shape index (κ3) is 2.67. The van der Waals surface area contributed by atoms with Gasteiger partial charge >= 0.3 is 0 Å². The number of nitrogens with zero attached hydrogens (tertiary/aromatic N) is 5. The third-order valence-corrected chi connectivity index (χ3v) is 3.73. The minimum Gasteiger partial charge on any atom is -0.342 e. The van der Waals surface area contributed by atoms with Crippen LogP contribution in [-0.4, -0.2) is 63.3 Å². The van der Waals surface area contributed by atoms with Crippen LogP contribution in [0.5, 0.6) is 0 Å². The molecule has 0 unspecified atom stereocenters. The second kappa shape index (κ2) is 5.92. The zero-order valence-electron chi connectivity index (χ0n) is 11.9. The zero-order valence-corrected chi connectivity index (χ0v) is 11.9. The van der Waals surface area contributed by atoms with Gasteiger partial charge in [-0.25, -0.2) is 4.68 Å². The van der Waals surface area contributed by atoms with Crippen molar-refractivity contribution in [2.45, 2.75) is 6.54 Å². The van der Waals surface area contributed by atoms with E-state index in [1.807, 2.05) is 0 Å². The van der Waals surface area contributed by atoms with Crippen molar-refractivity contribution in [1.29, 1.82) is 0 Å². The maximum absolute atomic E-state index is 12.3. The molecule has 0 atom stereocenters. The quantitative estimate of drug-likeness (QED) is 0.685. The average molecular weight is 301 g/mol. The highest BCUT2D eigenvalue weighted by Crippen LogP contribution is 2.04. The van der Waals surface area contributed by atoms with E-state index in [0.29, 0.717) is 37.1 Å². The monoisotopic (exact) mass is 301 g/mol. The highest BCUT2D eigenvalue weighted by Gasteiger charge is 2.21. The molecule has 0 radical (unpaired) electrons. The molecule has 114 valence electrons. The number of hydrogen-bond donors (Lipinski definition) is 0. The first-order valence-electron chi connectivity index (χ1n) is 6.99. The normalized spacial score (nSPS) is 15.1. The van der Waals surface area contributed by atoms with E-state index in [-0.39, 0.29) is 18.0 Å². The second-order valence-electron chi connectivity index (χ2n) is 5.09. The van der Waals surface area contributed by atoms with Gasteiger partial charge in [-0.05, 0) is 12.1 Å². The number of fused-ring (bicyclic) bond motifs is 1. The summed E-state index contributed by atoms with van der Waals surface area (Å²) in [4.78, 5) is 38.4. The van der Waals surface area contributed by atoms with Gasteiger partial charge in [0, 0.05) is 26.2 Å². The van der Waals surface area contributed by atoms with Crippen LogP contribution in [-0.2, 0) is 16.1 Å². The van der Waals surface area contributed by atoms with Crippen molar-refractivity contribution in [2.24, 2.45) is 0 Å². The molecule has 2 amide bonds. The molecule has 3 rings (SSSR count). The first-order valence-corrected chi connectivity index (χ1v) is 6.99. The van der Waals surface area contributed by atoms with Gasteiger partial charge in [0.1, 0.15) is 12.1 Å². The van der Waals surface area contributed by atoms with Crippen LogP contribution in [0.15, 0.2) is 29.1 Å². The van der Waals surface area contributed by atoms with Crippen molar-refractivity contribution in [3.05, 3.63) is 34.6 Å². The molecule has 0 aliphatic carbocycles. The largest absolute Gasteiger partial charge is 0.342 e. The molecule has 0 bridgehead atoms. The average Bonchev–Trinajstić information content (AvgIpc) is 2.57. The number of aromatic nitrogens is 3. The highest BCUT2D eigenvalue weighted by atomic mass is 16.2. The summed E-state index contributed by atoms with van der Waals surface area (Å²) >= 11 is 0. The summed E-state index contributed by atoms with van der Waals surface area (Å²) in [6.45, 7) is 1.81. The molecule has 1 aliphatic heterocycles. The van der Waals surface area contributed by atoms with Gasteiger partial charge in [-0.15, -0.1) is 5.10 Å². The molecule has 1 saturated heterocycles. The molecular weight excluding hydrogens is 286 g/mol. The van der Waals surface area contributed by atoms with E-state index in [1.165, 1.54) is 0 Å². The van der Waals surface area contributed by atoms with Crippen LogP contribution < -0.4 is 5.56 Å². The Hall–Kier alpha value is -2.77. The van der Waals surface area contributed by atoms with Gasteiger partial charge in [0.15, 0.2) is 0 Å².